The Hall–Kier alpha value is -3.42. The van der Waals surface area contributed by atoms with Gasteiger partial charge < -0.3 is 20.9 Å². The first kappa shape index (κ1) is 20.3. The molecule has 2 heterocycles. The number of benzene rings is 1. The minimum absolute atomic E-state index is 0.0799. The molecule has 0 aliphatic carbocycles. The Morgan fingerprint density at radius 1 is 1.31 bits per heavy atom. The van der Waals surface area contributed by atoms with Gasteiger partial charge >= 0.3 is 5.97 Å². The summed E-state index contributed by atoms with van der Waals surface area (Å²) in [4.78, 5) is 55.1. The fourth-order valence-corrected chi connectivity index (χ4v) is 3.27. The largest absolute Gasteiger partial charge is 0.480 e. The van der Waals surface area contributed by atoms with Gasteiger partial charge in [0.25, 0.3) is 22.6 Å². The number of carbonyl (C=O) groups is 3. The van der Waals surface area contributed by atoms with Gasteiger partial charge in [0.15, 0.2) is 11.5 Å². The normalized spacial score (nSPS) is 19.2. The monoisotopic (exact) mass is 420 g/mol. The average molecular weight is 420 g/mol. The van der Waals surface area contributed by atoms with Gasteiger partial charge in [-0.1, -0.05) is 0 Å². The van der Waals surface area contributed by atoms with Crippen molar-refractivity contribution in [3.8, 4) is 0 Å². The van der Waals surface area contributed by atoms with Crippen LogP contribution in [0.5, 0.6) is 0 Å². The average Bonchev–Trinajstić information content (AvgIpc) is 2.66. The van der Waals surface area contributed by atoms with Crippen molar-refractivity contribution in [1.29, 1.82) is 0 Å². The van der Waals surface area contributed by atoms with Crippen molar-refractivity contribution in [3.63, 3.8) is 0 Å². The fourth-order valence-electron chi connectivity index (χ4n) is 2.42. The lowest BCUT2D eigenvalue weighted by Crippen LogP contribution is -2.66. The molecule has 7 N–H and O–H groups in total. The van der Waals surface area contributed by atoms with E-state index in [1.807, 2.05) is 0 Å². The summed E-state index contributed by atoms with van der Waals surface area (Å²) in [6, 6.07) is 4.56. The first-order valence-corrected chi connectivity index (χ1v) is 8.94. The Balaban J connectivity index is 2.09. The molecule has 29 heavy (non-hydrogen) atoms. The number of nitrogens with zero attached hydrogens (tertiary/aromatic N) is 2. The molecule has 13 heteroatoms. The number of carbonyl (C=O) groups excluding carboxylic acids is 2. The molecular formula is C16H16N6O6S. The van der Waals surface area contributed by atoms with Crippen LogP contribution in [0.4, 0.5) is 11.5 Å². The number of aliphatic carboxylic acids is 1. The van der Waals surface area contributed by atoms with Crippen molar-refractivity contribution in [2.24, 2.45) is 0 Å². The van der Waals surface area contributed by atoms with E-state index in [1.54, 1.807) is 0 Å². The zero-order valence-electron chi connectivity index (χ0n) is 14.9. The smallest absolute Gasteiger partial charge is 0.321 e. The van der Waals surface area contributed by atoms with E-state index in [0.717, 1.165) is 6.20 Å². The van der Waals surface area contributed by atoms with Crippen LogP contribution in [0.1, 0.15) is 27.8 Å². The van der Waals surface area contributed by atoms with E-state index >= 15 is 0 Å². The summed E-state index contributed by atoms with van der Waals surface area (Å²) in [5, 5.41) is 19.8. The van der Waals surface area contributed by atoms with Crippen molar-refractivity contribution in [3.05, 3.63) is 52.1 Å². The Morgan fingerprint density at radius 2 is 1.97 bits per heavy atom. The second kappa shape index (κ2) is 7.54. The Kier molecular flexibility index (Phi) is 5.28. The summed E-state index contributed by atoms with van der Waals surface area (Å²) in [7, 11) is 0. The summed E-state index contributed by atoms with van der Waals surface area (Å²) < 4.78 is 2.43. The van der Waals surface area contributed by atoms with Gasteiger partial charge in [-0.15, -0.1) is 0 Å². The maximum absolute atomic E-state index is 13.2. The molecule has 1 unspecified atom stereocenters. The van der Waals surface area contributed by atoms with Crippen LogP contribution in [0.15, 0.2) is 35.3 Å². The standard InChI is InChI=1S/C16H16N6O6S/c1-7(15(26)27)21-29-16(28)20-13(24)11-12(19-10(23)6-18-11)22(16)14(25)8-2-4-9(17)5-3-8/h2-7,21,28H,17H2,1H3,(H,19,23)(H,20,24)(H,26,27)/t7-,16?/m0/s1. The number of nitrogens with two attached hydrogens (primary N) is 1. The Morgan fingerprint density at radius 3 is 2.59 bits per heavy atom. The zero-order valence-corrected chi connectivity index (χ0v) is 15.7. The van der Waals surface area contributed by atoms with Crippen molar-refractivity contribution in [1.82, 2.24) is 20.0 Å². The zero-order chi connectivity index (χ0) is 21.3. The molecule has 1 aromatic carbocycles. The molecule has 3 rings (SSSR count). The van der Waals surface area contributed by atoms with Gasteiger partial charge in [-0.3, -0.25) is 24.5 Å². The minimum Gasteiger partial charge on any atom is -0.480 e. The van der Waals surface area contributed by atoms with Crippen LogP contribution in [0.3, 0.4) is 0 Å². The first-order valence-electron chi connectivity index (χ1n) is 8.13. The minimum atomic E-state index is -2.47. The summed E-state index contributed by atoms with van der Waals surface area (Å²) in [5.41, 5.74) is 5.08. The lowest BCUT2D eigenvalue weighted by atomic mass is 10.1. The van der Waals surface area contributed by atoms with Gasteiger partial charge in [-0.25, -0.2) is 14.6 Å². The van der Waals surface area contributed by atoms with E-state index in [2.05, 4.69) is 20.0 Å². The van der Waals surface area contributed by atoms with Crippen LogP contribution in [0.2, 0.25) is 0 Å². The van der Waals surface area contributed by atoms with Crippen molar-refractivity contribution in [2.45, 2.75) is 18.1 Å². The number of fused-ring (bicyclic) bond motifs is 1. The highest BCUT2D eigenvalue weighted by Gasteiger charge is 2.49. The number of rotatable bonds is 5. The van der Waals surface area contributed by atoms with Crippen LogP contribution in [0.25, 0.3) is 0 Å². The van der Waals surface area contributed by atoms with Gasteiger partial charge in [0.05, 0.1) is 6.20 Å². The summed E-state index contributed by atoms with van der Waals surface area (Å²) >= 11 is 0.367. The van der Waals surface area contributed by atoms with Crippen LogP contribution in [-0.2, 0) is 4.79 Å². The highest BCUT2D eigenvalue weighted by Crippen LogP contribution is 2.34. The molecule has 0 bridgehead atoms. The number of anilines is 2. The molecular weight excluding hydrogens is 404 g/mol. The quantitative estimate of drug-likeness (QED) is 0.200. The van der Waals surface area contributed by atoms with Gasteiger partial charge in [0.1, 0.15) is 6.04 Å². The maximum Gasteiger partial charge on any atom is 0.321 e. The molecule has 1 aliphatic heterocycles. The third kappa shape index (κ3) is 3.91. The van der Waals surface area contributed by atoms with Crippen LogP contribution >= 0.6 is 11.9 Å². The summed E-state index contributed by atoms with van der Waals surface area (Å²) in [5.74, 6) is -3.26. The van der Waals surface area contributed by atoms with Crippen LogP contribution in [0, 0.1) is 0 Å². The number of H-pyrrole nitrogens is 1. The van der Waals surface area contributed by atoms with E-state index in [1.165, 1.54) is 31.2 Å². The van der Waals surface area contributed by atoms with Gasteiger partial charge in [0.2, 0.25) is 0 Å². The second-order valence-corrected chi connectivity index (χ2v) is 7.06. The molecule has 2 aromatic rings. The van der Waals surface area contributed by atoms with E-state index in [0.29, 0.717) is 22.5 Å². The second-order valence-electron chi connectivity index (χ2n) is 6.05. The molecule has 0 saturated carbocycles. The molecule has 1 aliphatic rings. The SMILES string of the molecule is C[C@H](NSC1(O)NC(=O)c2ncc(=O)[nH]c2N1C(=O)c1ccc(N)cc1)C(=O)O. The van der Waals surface area contributed by atoms with Gasteiger partial charge in [-0.05, 0) is 31.2 Å². The summed E-state index contributed by atoms with van der Waals surface area (Å²) in [6.45, 7) is 1.30. The number of nitrogen functional groups attached to an aromatic ring is 1. The Bertz CT molecular complexity index is 1040. The number of carboxylic acid groups (broad SMARTS) is 1. The van der Waals surface area contributed by atoms with Crippen LogP contribution < -0.4 is 26.2 Å². The molecule has 0 radical (unpaired) electrons. The Labute approximate surface area is 167 Å². The molecule has 152 valence electrons. The topological polar surface area (TPSA) is 191 Å². The van der Waals surface area contributed by atoms with Gasteiger partial charge in [-0.2, -0.15) is 0 Å². The first-order chi connectivity index (χ1) is 13.6. The molecule has 2 amide bonds. The summed E-state index contributed by atoms with van der Waals surface area (Å²) in [6.07, 6.45) is 0.854. The highest BCUT2D eigenvalue weighted by atomic mass is 32.2. The van der Waals surface area contributed by atoms with Crippen molar-refractivity contribution >= 4 is 41.2 Å². The number of aliphatic hydroxyl groups is 1. The van der Waals surface area contributed by atoms with E-state index in [4.69, 9.17) is 10.8 Å². The lowest BCUT2D eigenvalue weighted by molar-refractivity contribution is -0.138. The molecule has 0 spiro atoms. The van der Waals surface area contributed by atoms with Crippen molar-refractivity contribution < 1.29 is 24.6 Å². The van der Waals surface area contributed by atoms with Crippen LogP contribution in [-0.4, -0.2) is 49.2 Å². The van der Waals surface area contributed by atoms with E-state index in [9.17, 15) is 24.3 Å². The van der Waals surface area contributed by atoms with Gasteiger partial charge in [0, 0.05) is 23.2 Å². The lowest BCUT2D eigenvalue weighted by Gasteiger charge is -2.41. The highest BCUT2D eigenvalue weighted by molar-refractivity contribution is 7.98. The van der Waals surface area contributed by atoms with Crippen molar-refractivity contribution in [2.75, 3.05) is 10.6 Å². The molecule has 1 aromatic heterocycles. The third-order valence-corrected chi connectivity index (χ3v) is 4.94. The van der Waals surface area contributed by atoms with E-state index in [-0.39, 0.29) is 17.1 Å². The van der Waals surface area contributed by atoms with E-state index < -0.39 is 34.6 Å². The molecule has 0 saturated heterocycles. The number of nitrogens with one attached hydrogen (secondary N) is 3. The molecule has 2 atom stereocenters. The number of aromatic nitrogens is 2. The molecule has 12 nitrogen and oxygen atoms in total. The predicted octanol–water partition coefficient (Wildman–Crippen LogP) is -0.943. The fraction of sp³-hybridized carbons (Fsp3) is 0.188. The number of hydrogen-bond acceptors (Lipinski definition) is 9. The third-order valence-electron chi connectivity index (χ3n) is 3.90. The number of hydrogen-bond donors (Lipinski definition) is 6. The maximum atomic E-state index is 13.2. The number of amides is 2. The predicted molar refractivity (Wildman–Crippen MR) is 103 cm³/mol. The number of aromatic amines is 1. The number of carboxylic acids is 1. The molecule has 0 fully saturated rings.